The first-order valence-electron chi connectivity index (χ1n) is 10.4. The third-order valence-electron chi connectivity index (χ3n) is 5.09. The lowest BCUT2D eigenvalue weighted by Crippen LogP contribution is -2.53. The Labute approximate surface area is 172 Å². The van der Waals surface area contributed by atoms with E-state index in [0.717, 1.165) is 30.7 Å². The van der Waals surface area contributed by atoms with Crippen molar-refractivity contribution in [1.82, 2.24) is 19.8 Å². The number of aromatic nitrogens is 2. The molecule has 160 valence electrons. The van der Waals surface area contributed by atoms with Crippen LogP contribution < -0.4 is 4.74 Å². The molecule has 2 amide bonds. The second-order valence-electron chi connectivity index (χ2n) is 8.93. The van der Waals surface area contributed by atoms with Crippen LogP contribution in [0.15, 0.2) is 6.07 Å². The highest BCUT2D eigenvalue weighted by Gasteiger charge is 2.40. The van der Waals surface area contributed by atoms with Crippen LogP contribution in [0.3, 0.4) is 0 Å². The molecule has 1 aromatic heterocycles. The van der Waals surface area contributed by atoms with Gasteiger partial charge in [0.25, 0.3) is 0 Å². The zero-order valence-corrected chi connectivity index (χ0v) is 18.1. The molecule has 0 bridgehead atoms. The van der Waals surface area contributed by atoms with Crippen molar-refractivity contribution in [3.63, 3.8) is 0 Å². The van der Waals surface area contributed by atoms with Crippen LogP contribution >= 0.6 is 0 Å². The quantitative estimate of drug-likeness (QED) is 0.770. The number of aryl methyl sites for hydroxylation is 2. The fourth-order valence-corrected chi connectivity index (χ4v) is 3.90. The van der Waals surface area contributed by atoms with Gasteiger partial charge in [0.05, 0.1) is 6.54 Å². The van der Waals surface area contributed by atoms with Crippen molar-refractivity contribution in [2.24, 2.45) is 0 Å². The van der Waals surface area contributed by atoms with Crippen LogP contribution in [0.2, 0.25) is 0 Å². The SMILES string of the molecule is Cc1cc(C)nc(OC2CCCN(C(=O)C3CCCN3C(=O)OC(C)(C)C)C2)n1. The van der Waals surface area contributed by atoms with Gasteiger partial charge in [-0.25, -0.2) is 14.8 Å². The van der Waals surface area contributed by atoms with Gasteiger partial charge in [0.15, 0.2) is 0 Å². The number of ether oxygens (including phenoxy) is 2. The van der Waals surface area contributed by atoms with E-state index in [1.165, 1.54) is 0 Å². The Balaban J connectivity index is 1.63. The first-order chi connectivity index (χ1) is 13.6. The molecule has 29 heavy (non-hydrogen) atoms. The van der Waals surface area contributed by atoms with Crippen LogP contribution in [0.25, 0.3) is 0 Å². The highest BCUT2D eigenvalue weighted by atomic mass is 16.6. The Bertz CT molecular complexity index is 741. The molecule has 1 aromatic rings. The predicted octanol–water partition coefficient (Wildman–Crippen LogP) is 2.86. The fourth-order valence-electron chi connectivity index (χ4n) is 3.90. The lowest BCUT2D eigenvalue weighted by molar-refractivity contribution is -0.138. The maximum Gasteiger partial charge on any atom is 0.410 e. The third-order valence-corrected chi connectivity index (χ3v) is 5.09. The Morgan fingerprint density at radius 2 is 1.72 bits per heavy atom. The van der Waals surface area contributed by atoms with Crippen LogP contribution in [0.4, 0.5) is 4.79 Å². The summed E-state index contributed by atoms with van der Waals surface area (Å²) in [5.41, 5.74) is 1.13. The molecule has 0 saturated carbocycles. The average molecular weight is 405 g/mol. The van der Waals surface area contributed by atoms with Crippen LogP contribution in [0, 0.1) is 13.8 Å². The molecular weight excluding hydrogens is 372 g/mol. The number of carbonyl (C=O) groups excluding carboxylic acids is 2. The van der Waals surface area contributed by atoms with Crippen molar-refractivity contribution >= 4 is 12.0 Å². The summed E-state index contributed by atoms with van der Waals surface area (Å²) >= 11 is 0. The molecule has 8 nitrogen and oxygen atoms in total. The van der Waals surface area contributed by atoms with Crippen molar-refractivity contribution < 1.29 is 19.1 Å². The molecule has 0 aliphatic carbocycles. The molecule has 2 aliphatic rings. The smallest absolute Gasteiger partial charge is 0.410 e. The first-order valence-corrected chi connectivity index (χ1v) is 10.4. The van der Waals surface area contributed by atoms with E-state index in [1.54, 1.807) is 4.90 Å². The largest absolute Gasteiger partial charge is 0.458 e. The summed E-state index contributed by atoms with van der Waals surface area (Å²) in [5, 5.41) is 0. The summed E-state index contributed by atoms with van der Waals surface area (Å²) in [4.78, 5) is 37.8. The van der Waals surface area contributed by atoms with Gasteiger partial charge in [-0.2, -0.15) is 0 Å². The van der Waals surface area contributed by atoms with Crippen LogP contribution in [-0.4, -0.2) is 69.1 Å². The zero-order valence-electron chi connectivity index (χ0n) is 18.1. The number of rotatable bonds is 3. The fraction of sp³-hybridized carbons (Fsp3) is 0.714. The standard InChI is InChI=1S/C21H32N4O4/c1-14-12-15(2)23-19(22-14)28-16-8-6-10-24(13-16)18(26)17-9-7-11-25(17)20(27)29-21(3,4)5/h12,16-17H,6-11,13H2,1-5H3. The maximum absolute atomic E-state index is 13.2. The Kier molecular flexibility index (Phi) is 6.29. The van der Waals surface area contributed by atoms with Gasteiger partial charge in [-0.15, -0.1) is 0 Å². The van der Waals surface area contributed by atoms with E-state index in [9.17, 15) is 9.59 Å². The van der Waals surface area contributed by atoms with Crippen LogP contribution in [0.5, 0.6) is 6.01 Å². The molecule has 3 heterocycles. The molecule has 2 unspecified atom stereocenters. The van der Waals surface area contributed by atoms with E-state index in [4.69, 9.17) is 9.47 Å². The molecule has 2 saturated heterocycles. The summed E-state index contributed by atoms with van der Waals surface area (Å²) in [6.45, 7) is 11.0. The van der Waals surface area contributed by atoms with Gasteiger partial charge in [0.2, 0.25) is 5.91 Å². The van der Waals surface area contributed by atoms with Crippen molar-refractivity contribution in [3.05, 3.63) is 17.5 Å². The second kappa shape index (κ2) is 8.55. The summed E-state index contributed by atoms with van der Waals surface area (Å²) < 4.78 is 11.5. The summed E-state index contributed by atoms with van der Waals surface area (Å²) in [7, 11) is 0. The van der Waals surface area contributed by atoms with Gasteiger partial charge in [-0.3, -0.25) is 9.69 Å². The number of amides is 2. The van der Waals surface area contributed by atoms with Crippen LogP contribution in [-0.2, 0) is 9.53 Å². The highest BCUT2D eigenvalue weighted by Crippen LogP contribution is 2.24. The minimum atomic E-state index is -0.580. The molecule has 0 radical (unpaired) electrons. The number of nitrogens with zero attached hydrogens (tertiary/aromatic N) is 4. The highest BCUT2D eigenvalue weighted by molar-refractivity contribution is 5.86. The first kappa shape index (κ1) is 21.3. The van der Waals surface area contributed by atoms with Crippen molar-refractivity contribution in [3.8, 4) is 6.01 Å². The topological polar surface area (TPSA) is 84.9 Å². The molecule has 0 aromatic carbocycles. The van der Waals surface area contributed by atoms with Gasteiger partial charge < -0.3 is 14.4 Å². The summed E-state index contributed by atoms with van der Waals surface area (Å²) in [5.74, 6) is -0.0250. The number of carbonyl (C=O) groups is 2. The monoisotopic (exact) mass is 404 g/mol. The van der Waals surface area contributed by atoms with E-state index >= 15 is 0 Å². The van der Waals surface area contributed by atoms with Crippen molar-refractivity contribution in [2.75, 3.05) is 19.6 Å². The van der Waals surface area contributed by atoms with E-state index in [1.807, 2.05) is 45.6 Å². The molecule has 0 spiro atoms. The van der Waals surface area contributed by atoms with E-state index < -0.39 is 17.7 Å². The third kappa shape index (κ3) is 5.58. The van der Waals surface area contributed by atoms with Crippen molar-refractivity contribution in [1.29, 1.82) is 0 Å². The minimum Gasteiger partial charge on any atom is -0.458 e. The number of piperidine rings is 1. The normalized spacial score (nSPS) is 22.5. The zero-order chi connectivity index (χ0) is 21.2. The van der Waals surface area contributed by atoms with E-state index in [2.05, 4.69) is 9.97 Å². The second-order valence-corrected chi connectivity index (χ2v) is 8.93. The number of hydrogen-bond donors (Lipinski definition) is 0. The summed E-state index contributed by atoms with van der Waals surface area (Å²) in [6, 6.07) is 1.80. The Morgan fingerprint density at radius 3 is 2.38 bits per heavy atom. The Hall–Kier alpha value is -2.38. The molecule has 2 atom stereocenters. The lowest BCUT2D eigenvalue weighted by Gasteiger charge is -2.36. The molecule has 2 fully saturated rings. The van der Waals surface area contributed by atoms with Gasteiger partial charge in [0.1, 0.15) is 17.7 Å². The minimum absolute atomic E-state index is 0.0250. The molecular formula is C21H32N4O4. The molecule has 0 N–H and O–H groups in total. The van der Waals surface area contributed by atoms with Crippen LogP contribution in [0.1, 0.15) is 57.8 Å². The van der Waals surface area contributed by atoms with Crippen molar-refractivity contribution in [2.45, 2.75) is 78.0 Å². The van der Waals surface area contributed by atoms with Gasteiger partial charge in [-0.1, -0.05) is 0 Å². The molecule has 2 aliphatic heterocycles. The maximum atomic E-state index is 13.2. The van der Waals surface area contributed by atoms with E-state index in [-0.39, 0.29) is 12.0 Å². The number of likely N-dealkylation sites (tertiary alicyclic amines) is 2. The number of hydrogen-bond acceptors (Lipinski definition) is 6. The average Bonchev–Trinajstić information content (AvgIpc) is 3.09. The molecule has 8 heteroatoms. The van der Waals surface area contributed by atoms with Gasteiger partial charge in [-0.05, 0) is 66.4 Å². The Morgan fingerprint density at radius 1 is 1.07 bits per heavy atom. The van der Waals surface area contributed by atoms with E-state index in [0.29, 0.717) is 32.1 Å². The predicted molar refractivity (Wildman–Crippen MR) is 108 cm³/mol. The van der Waals surface area contributed by atoms with Gasteiger partial charge in [0, 0.05) is 24.5 Å². The molecule has 3 rings (SSSR count). The van der Waals surface area contributed by atoms with Gasteiger partial charge >= 0.3 is 12.1 Å². The summed E-state index contributed by atoms with van der Waals surface area (Å²) in [6.07, 6.45) is 2.60. The lowest BCUT2D eigenvalue weighted by atomic mass is 10.1.